The molecule has 0 bridgehead atoms. The van der Waals surface area contributed by atoms with Crippen LogP contribution in [-0.4, -0.2) is 30.3 Å². The van der Waals surface area contributed by atoms with E-state index in [0.717, 1.165) is 42.9 Å². The molecule has 0 spiro atoms. The zero-order valence-electron chi connectivity index (χ0n) is 12.8. The van der Waals surface area contributed by atoms with E-state index in [1.807, 2.05) is 0 Å². The quantitative estimate of drug-likeness (QED) is 0.737. The van der Waals surface area contributed by atoms with Gasteiger partial charge in [-0.1, -0.05) is 11.8 Å². The Morgan fingerprint density at radius 3 is 2.57 bits per heavy atom. The largest absolute Gasteiger partial charge is 0.497 e. The molecule has 1 aromatic carbocycles. The minimum absolute atomic E-state index is 0.0799. The maximum absolute atomic E-state index is 13.7. The Hall–Kier alpha value is -1.67. The summed E-state index contributed by atoms with van der Waals surface area (Å²) in [6, 6.07) is 2.29. The zero-order chi connectivity index (χ0) is 16.7. The maximum atomic E-state index is 13.7. The topological polar surface area (TPSA) is 69.2 Å². The number of methoxy groups -OCH3 is 1. The summed E-state index contributed by atoms with van der Waals surface area (Å²) >= 11 is 1.47. The first-order valence-electron chi connectivity index (χ1n) is 7.21. The van der Waals surface area contributed by atoms with Gasteiger partial charge in [0, 0.05) is 30.1 Å². The van der Waals surface area contributed by atoms with Crippen molar-refractivity contribution in [2.24, 2.45) is 15.9 Å². The third-order valence-electron chi connectivity index (χ3n) is 3.28. The fourth-order valence-electron chi connectivity index (χ4n) is 2.00. The average Bonchev–Trinajstić information content (AvgIpc) is 2.54. The molecular weight excluding hydrogens is 324 g/mol. The number of rotatable bonds is 8. The molecule has 0 aliphatic carbocycles. The van der Waals surface area contributed by atoms with Crippen LogP contribution in [0.5, 0.6) is 5.75 Å². The number of amidine groups is 1. The van der Waals surface area contributed by atoms with E-state index in [1.54, 1.807) is 0 Å². The molecule has 0 unspecified atom stereocenters. The lowest BCUT2D eigenvalue weighted by molar-refractivity contribution is 0.112. The summed E-state index contributed by atoms with van der Waals surface area (Å²) in [6.45, 7) is 0.329. The van der Waals surface area contributed by atoms with Crippen molar-refractivity contribution in [2.75, 3.05) is 19.5 Å². The minimum Gasteiger partial charge on any atom is -0.497 e. The number of thioether (sulfide) groups is 1. The molecule has 23 heavy (non-hydrogen) atoms. The Labute approximate surface area is 137 Å². The van der Waals surface area contributed by atoms with E-state index < -0.39 is 11.6 Å². The van der Waals surface area contributed by atoms with Gasteiger partial charge in [0.05, 0.1) is 19.4 Å². The number of hydrogen-bond donors (Lipinski definition) is 1. The molecule has 2 rings (SSSR count). The van der Waals surface area contributed by atoms with Crippen molar-refractivity contribution in [1.29, 1.82) is 0 Å². The number of nitrogens with two attached hydrogens (primary N) is 1. The number of nitrogens with zero attached hydrogens (tertiary/aromatic N) is 2. The number of benzene rings is 1. The zero-order valence-corrected chi connectivity index (χ0v) is 13.7. The highest BCUT2D eigenvalue weighted by atomic mass is 32.2. The molecule has 8 heteroatoms. The second kappa shape index (κ2) is 8.83. The van der Waals surface area contributed by atoms with E-state index in [2.05, 4.69) is 10.2 Å². The fraction of sp³-hybridized carbons (Fsp3) is 0.467. The van der Waals surface area contributed by atoms with Crippen LogP contribution in [0.3, 0.4) is 0 Å². The van der Waals surface area contributed by atoms with Crippen molar-refractivity contribution >= 4 is 22.6 Å². The van der Waals surface area contributed by atoms with E-state index in [0.29, 0.717) is 11.8 Å². The molecular formula is C15H19F2N3O2S. The Bertz CT molecular complexity index is 585. The molecule has 1 aromatic rings. The maximum Gasteiger partial charge on any atom is 0.180 e. The van der Waals surface area contributed by atoms with Crippen LogP contribution in [0.2, 0.25) is 0 Å². The second-order valence-corrected chi connectivity index (χ2v) is 5.97. The van der Waals surface area contributed by atoms with Gasteiger partial charge in [-0.3, -0.25) is 0 Å². The Kier molecular flexibility index (Phi) is 6.79. The van der Waals surface area contributed by atoms with Gasteiger partial charge < -0.3 is 15.2 Å². The average molecular weight is 343 g/mol. The van der Waals surface area contributed by atoms with Gasteiger partial charge in [0.15, 0.2) is 5.17 Å². The predicted octanol–water partition coefficient (Wildman–Crippen LogP) is 3.08. The molecule has 0 radical (unpaired) electrons. The molecule has 0 aromatic heterocycles. The molecule has 0 saturated carbocycles. The molecule has 1 heterocycles. The van der Waals surface area contributed by atoms with E-state index in [-0.39, 0.29) is 17.9 Å². The lowest BCUT2D eigenvalue weighted by Crippen LogP contribution is -2.15. The molecule has 0 saturated heterocycles. The van der Waals surface area contributed by atoms with Crippen molar-refractivity contribution < 1.29 is 18.3 Å². The fourth-order valence-corrected chi connectivity index (χ4v) is 2.62. The third-order valence-corrected chi connectivity index (χ3v) is 4.13. The van der Waals surface area contributed by atoms with Crippen LogP contribution in [-0.2, 0) is 11.3 Å². The first kappa shape index (κ1) is 17.7. The molecule has 1 aliphatic heterocycles. The summed E-state index contributed by atoms with van der Waals surface area (Å²) in [5, 5.41) is 8.33. The van der Waals surface area contributed by atoms with Crippen LogP contribution in [0, 0.1) is 11.6 Å². The monoisotopic (exact) mass is 343 g/mol. The second-order valence-electron chi connectivity index (χ2n) is 4.97. The van der Waals surface area contributed by atoms with Gasteiger partial charge in [0.1, 0.15) is 17.4 Å². The van der Waals surface area contributed by atoms with Crippen molar-refractivity contribution in [3.63, 3.8) is 0 Å². The van der Waals surface area contributed by atoms with E-state index >= 15 is 0 Å². The molecule has 0 fully saturated rings. The van der Waals surface area contributed by atoms with Gasteiger partial charge in [0.25, 0.3) is 0 Å². The highest BCUT2D eigenvalue weighted by Gasteiger charge is 2.12. The van der Waals surface area contributed by atoms with Gasteiger partial charge in [-0.25, -0.2) is 8.78 Å². The SMILES string of the molecule is COc1cc(F)c(COCCCCC2=NN=C(N)SC2)c(F)c1. The summed E-state index contributed by atoms with van der Waals surface area (Å²) in [4.78, 5) is 0. The standard InChI is InChI=1S/C15H19F2N3O2S/c1-21-11-6-13(16)12(14(17)7-11)8-22-5-3-2-4-10-9-23-15(18)20-19-10/h6-7H,2-5,8-9H2,1H3,(H2,18,20). The highest BCUT2D eigenvalue weighted by molar-refractivity contribution is 8.14. The lowest BCUT2D eigenvalue weighted by atomic mass is 10.2. The summed E-state index contributed by atoms with van der Waals surface area (Å²) in [5.41, 5.74) is 6.42. The molecule has 5 nitrogen and oxygen atoms in total. The number of ether oxygens (including phenoxy) is 2. The smallest absolute Gasteiger partial charge is 0.180 e. The molecule has 126 valence electrons. The Morgan fingerprint density at radius 1 is 1.22 bits per heavy atom. The summed E-state index contributed by atoms with van der Waals surface area (Å²) < 4.78 is 37.6. The molecule has 0 amide bonds. The van der Waals surface area contributed by atoms with E-state index in [1.165, 1.54) is 18.9 Å². The third kappa shape index (κ3) is 5.47. The van der Waals surface area contributed by atoms with Gasteiger partial charge in [0.2, 0.25) is 0 Å². The van der Waals surface area contributed by atoms with Crippen molar-refractivity contribution in [2.45, 2.75) is 25.9 Å². The van der Waals surface area contributed by atoms with Crippen LogP contribution in [0.4, 0.5) is 8.78 Å². The number of hydrogen-bond acceptors (Lipinski definition) is 6. The molecule has 1 aliphatic rings. The van der Waals surface area contributed by atoms with Gasteiger partial charge in [-0.15, -0.1) is 5.10 Å². The minimum atomic E-state index is -0.661. The van der Waals surface area contributed by atoms with E-state index in [9.17, 15) is 8.78 Å². The van der Waals surface area contributed by atoms with Gasteiger partial charge in [-0.05, 0) is 19.3 Å². The number of unbranched alkanes of at least 4 members (excludes halogenated alkanes) is 1. The van der Waals surface area contributed by atoms with Crippen LogP contribution in [0.25, 0.3) is 0 Å². The van der Waals surface area contributed by atoms with Crippen molar-refractivity contribution in [3.8, 4) is 5.75 Å². The first-order chi connectivity index (χ1) is 11.1. The number of halogens is 2. The normalized spacial score (nSPS) is 14.4. The lowest BCUT2D eigenvalue weighted by Gasteiger charge is -2.10. The highest BCUT2D eigenvalue weighted by Crippen LogP contribution is 2.21. The Morgan fingerprint density at radius 2 is 1.96 bits per heavy atom. The summed E-state index contributed by atoms with van der Waals surface area (Å²) in [5.74, 6) is -0.409. The van der Waals surface area contributed by atoms with Gasteiger partial charge in [-0.2, -0.15) is 5.10 Å². The van der Waals surface area contributed by atoms with Crippen molar-refractivity contribution in [3.05, 3.63) is 29.3 Å². The first-order valence-corrected chi connectivity index (χ1v) is 8.20. The Balaban J connectivity index is 1.68. The van der Waals surface area contributed by atoms with Crippen molar-refractivity contribution in [1.82, 2.24) is 0 Å². The van der Waals surface area contributed by atoms with Crippen LogP contribution < -0.4 is 10.5 Å². The van der Waals surface area contributed by atoms with Crippen LogP contribution in [0.1, 0.15) is 24.8 Å². The van der Waals surface area contributed by atoms with Crippen LogP contribution in [0.15, 0.2) is 22.3 Å². The molecule has 2 N–H and O–H groups in total. The summed E-state index contributed by atoms with van der Waals surface area (Å²) in [6.07, 6.45) is 2.48. The predicted molar refractivity (Wildman–Crippen MR) is 87.9 cm³/mol. The molecule has 0 atom stereocenters. The van der Waals surface area contributed by atoms with E-state index in [4.69, 9.17) is 15.2 Å². The van der Waals surface area contributed by atoms with Gasteiger partial charge >= 0.3 is 0 Å². The summed E-state index contributed by atoms with van der Waals surface area (Å²) in [7, 11) is 1.36. The van der Waals surface area contributed by atoms with Crippen LogP contribution >= 0.6 is 11.8 Å².